The summed E-state index contributed by atoms with van der Waals surface area (Å²) >= 11 is 3.25. The van der Waals surface area contributed by atoms with E-state index in [1.165, 1.54) is 6.20 Å². The van der Waals surface area contributed by atoms with Crippen molar-refractivity contribution in [2.45, 2.75) is 26.0 Å². The topological polar surface area (TPSA) is 114 Å². The molecule has 0 aromatic carbocycles. The second kappa shape index (κ2) is 6.07. The molecule has 7 nitrogen and oxygen atoms in total. The number of pyridine rings is 1. The molecule has 0 saturated heterocycles. The summed E-state index contributed by atoms with van der Waals surface area (Å²) < 4.78 is 0.523. The Hall–Kier alpha value is -1.25. The number of hydrogen-bond donors (Lipinski definition) is 3. The van der Waals surface area contributed by atoms with E-state index < -0.39 is 17.1 Å². The minimum atomic E-state index is -0.643. The minimum absolute atomic E-state index is 0.0488. The molecule has 8 heteroatoms. The molecule has 1 aromatic heterocycles. The van der Waals surface area contributed by atoms with Crippen LogP contribution < -0.4 is 11.1 Å². The van der Waals surface area contributed by atoms with Gasteiger partial charge in [-0.05, 0) is 29.8 Å². The number of aliphatic hydroxyl groups is 1. The van der Waals surface area contributed by atoms with Gasteiger partial charge in [0.15, 0.2) is 0 Å². The summed E-state index contributed by atoms with van der Waals surface area (Å²) in [5.41, 5.74) is 6.11. The predicted octanol–water partition coefficient (Wildman–Crippen LogP) is 1.18. The molecular formula is C10H15BrN4O3. The summed E-state index contributed by atoms with van der Waals surface area (Å²) in [5, 5.41) is 22.9. The number of hydrogen-bond acceptors (Lipinski definition) is 6. The lowest BCUT2D eigenvalue weighted by Gasteiger charge is -2.16. The lowest BCUT2D eigenvalue weighted by atomic mass is 10.2. The van der Waals surface area contributed by atoms with Crippen molar-refractivity contribution in [3.05, 3.63) is 26.3 Å². The number of aromatic nitrogens is 1. The van der Waals surface area contributed by atoms with Crippen molar-refractivity contribution in [3.63, 3.8) is 0 Å². The summed E-state index contributed by atoms with van der Waals surface area (Å²) in [5.74, 6) is 0.467. The molecule has 0 aliphatic rings. The van der Waals surface area contributed by atoms with Crippen LogP contribution in [0.25, 0.3) is 0 Å². The fourth-order valence-electron chi connectivity index (χ4n) is 1.26. The summed E-state index contributed by atoms with van der Waals surface area (Å²) in [6.07, 6.45) is 0.548. The molecule has 2 unspecified atom stereocenters. The van der Waals surface area contributed by atoms with Crippen LogP contribution in [-0.2, 0) is 0 Å². The van der Waals surface area contributed by atoms with Crippen molar-refractivity contribution in [2.75, 3.05) is 11.9 Å². The van der Waals surface area contributed by atoms with Gasteiger partial charge in [0.1, 0.15) is 12.0 Å². The molecule has 1 aromatic rings. The maximum Gasteiger partial charge on any atom is 0.291 e. The lowest BCUT2D eigenvalue weighted by molar-refractivity contribution is -0.385. The van der Waals surface area contributed by atoms with Crippen LogP contribution in [0.3, 0.4) is 0 Å². The molecule has 0 fully saturated rings. The third-order valence-corrected chi connectivity index (χ3v) is 3.53. The van der Waals surface area contributed by atoms with Crippen molar-refractivity contribution in [1.82, 2.24) is 4.98 Å². The number of rotatable bonds is 5. The number of nitrogens with zero attached hydrogens (tertiary/aromatic N) is 2. The third-order valence-electron chi connectivity index (χ3n) is 2.56. The van der Waals surface area contributed by atoms with Gasteiger partial charge in [-0.15, -0.1) is 0 Å². The molecule has 0 saturated carbocycles. The Balaban J connectivity index is 2.86. The van der Waals surface area contributed by atoms with Crippen molar-refractivity contribution < 1.29 is 10.0 Å². The molecule has 1 rings (SSSR count). The highest BCUT2D eigenvalue weighted by molar-refractivity contribution is 9.10. The third kappa shape index (κ3) is 3.37. The first-order chi connectivity index (χ1) is 8.34. The number of halogens is 1. The first-order valence-corrected chi connectivity index (χ1v) is 6.11. The first kappa shape index (κ1) is 14.8. The van der Waals surface area contributed by atoms with Gasteiger partial charge >= 0.3 is 0 Å². The molecule has 100 valence electrons. The molecule has 18 heavy (non-hydrogen) atoms. The summed E-state index contributed by atoms with van der Waals surface area (Å²) in [6.45, 7) is 3.54. The summed E-state index contributed by atoms with van der Waals surface area (Å²) in [6, 6.07) is -0.436. The maximum absolute atomic E-state index is 10.7. The minimum Gasteiger partial charge on any atom is -0.392 e. The molecule has 0 amide bonds. The van der Waals surface area contributed by atoms with Gasteiger partial charge in [0.25, 0.3) is 5.69 Å². The van der Waals surface area contributed by atoms with Crippen LogP contribution in [0, 0.1) is 17.0 Å². The second-order valence-corrected chi connectivity index (χ2v) is 4.77. The lowest BCUT2D eigenvalue weighted by Crippen LogP contribution is -2.38. The summed E-state index contributed by atoms with van der Waals surface area (Å²) in [7, 11) is 0. The van der Waals surface area contributed by atoms with Gasteiger partial charge in [0.2, 0.25) is 0 Å². The molecule has 1 heterocycles. The highest BCUT2D eigenvalue weighted by Crippen LogP contribution is 2.30. The molecule has 0 spiro atoms. The fraction of sp³-hybridized carbons (Fsp3) is 0.500. The van der Waals surface area contributed by atoms with E-state index in [2.05, 4.69) is 26.2 Å². The SMILES string of the molecule is Cc1c([N+](=O)[O-])cnc(NCC(N)C(C)O)c1Br. The van der Waals surface area contributed by atoms with E-state index in [4.69, 9.17) is 5.73 Å². The van der Waals surface area contributed by atoms with Gasteiger partial charge in [-0.3, -0.25) is 10.1 Å². The van der Waals surface area contributed by atoms with Crippen molar-refractivity contribution in [1.29, 1.82) is 0 Å². The first-order valence-electron chi connectivity index (χ1n) is 5.31. The van der Waals surface area contributed by atoms with E-state index >= 15 is 0 Å². The van der Waals surface area contributed by atoms with E-state index in [-0.39, 0.29) is 5.69 Å². The molecule has 0 bridgehead atoms. The molecule has 0 aliphatic heterocycles. The zero-order valence-electron chi connectivity index (χ0n) is 10.1. The fourth-order valence-corrected chi connectivity index (χ4v) is 1.71. The zero-order valence-corrected chi connectivity index (χ0v) is 11.6. The average molecular weight is 319 g/mol. The zero-order chi connectivity index (χ0) is 13.9. The van der Waals surface area contributed by atoms with Crippen LogP contribution in [-0.4, -0.2) is 33.7 Å². The smallest absolute Gasteiger partial charge is 0.291 e. The molecular weight excluding hydrogens is 304 g/mol. The monoisotopic (exact) mass is 318 g/mol. The molecule has 2 atom stereocenters. The second-order valence-electron chi connectivity index (χ2n) is 3.97. The van der Waals surface area contributed by atoms with Gasteiger partial charge in [0, 0.05) is 18.2 Å². The van der Waals surface area contributed by atoms with Gasteiger partial charge in [-0.1, -0.05) is 0 Å². The normalized spacial score (nSPS) is 14.1. The Morgan fingerprint density at radius 3 is 2.83 bits per heavy atom. The van der Waals surface area contributed by atoms with Crippen LogP contribution in [0.4, 0.5) is 11.5 Å². The van der Waals surface area contributed by atoms with Crippen molar-refractivity contribution >= 4 is 27.4 Å². The largest absolute Gasteiger partial charge is 0.392 e. The van der Waals surface area contributed by atoms with Crippen LogP contribution >= 0.6 is 15.9 Å². The Bertz CT molecular complexity index is 453. The predicted molar refractivity (Wildman–Crippen MR) is 71.5 cm³/mol. The Labute approximate surface area is 113 Å². The number of nitrogens with one attached hydrogen (secondary N) is 1. The number of nitrogens with two attached hydrogens (primary N) is 1. The molecule has 0 radical (unpaired) electrons. The van der Waals surface area contributed by atoms with E-state index in [0.29, 0.717) is 22.4 Å². The molecule has 4 N–H and O–H groups in total. The van der Waals surface area contributed by atoms with E-state index in [1.54, 1.807) is 13.8 Å². The number of anilines is 1. The van der Waals surface area contributed by atoms with Crippen LogP contribution in [0.15, 0.2) is 10.7 Å². The van der Waals surface area contributed by atoms with Crippen LogP contribution in [0.5, 0.6) is 0 Å². The van der Waals surface area contributed by atoms with E-state index in [9.17, 15) is 15.2 Å². The van der Waals surface area contributed by atoms with Gasteiger partial charge in [-0.2, -0.15) is 0 Å². The van der Waals surface area contributed by atoms with E-state index in [1.807, 2.05) is 0 Å². The average Bonchev–Trinajstić information content (AvgIpc) is 2.30. The van der Waals surface area contributed by atoms with E-state index in [0.717, 1.165) is 0 Å². The highest BCUT2D eigenvalue weighted by atomic mass is 79.9. The van der Waals surface area contributed by atoms with Crippen LogP contribution in [0.2, 0.25) is 0 Å². The Morgan fingerprint density at radius 2 is 2.33 bits per heavy atom. The number of aliphatic hydroxyl groups excluding tert-OH is 1. The Morgan fingerprint density at radius 1 is 1.72 bits per heavy atom. The van der Waals surface area contributed by atoms with Crippen LogP contribution in [0.1, 0.15) is 12.5 Å². The van der Waals surface area contributed by atoms with Gasteiger partial charge in [-0.25, -0.2) is 4.98 Å². The maximum atomic E-state index is 10.7. The standard InChI is InChI=1S/C10H15BrN4O3/c1-5-8(15(17)18)4-14-10(9(5)11)13-3-7(12)6(2)16/h4,6-7,16H,3,12H2,1-2H3,(H,13,14). The van der Waals surface area contributed by atoms with Crippen molar-refractivity contribution in [3.8, 4) is 0 Å². The van der Waals surface area contributed by atoms with Gasteiger partial charge < -0.3 is 16.2 Å². The quantitative estimate of drug-likeness (QED) is 0.554. The molecule has 0 aliphatic carbocycles. The summed E-state index contributed by atoms with van der Waals surface area (Å²) in [4.78, 5) is 14.2. The number of nitro groups is 1. The van der Waals surface area contributed by atoms with Crippen molar-refractivity contribution in [2.24, 2.45) is 5.73 Å². The Kier molecular flexibility index (Phi) is 5.00. The van der Waals surface area contributed by atoms with Gasteiger partial charge in [0.05, 0.1) is 15.5 Å². The highest BCUT2D eigenvalue weighted by Gasteiger charge is 2.18.